The van der Waals surface area contributed by atoms with Crippen LogP contribution in [0, 0.1) is 12.7 Å². The highest BCUT2D eigenvalue weighted by atomic mass is 32.1. The molecular weight excluding hydrogens is 463 g/mol. The number of benzene rings is 1. The first-order valence-electron chi connectivity index (χ1n) is 10.8. The molecule has 178 valence electrons. The van der Waals surface area contributed by atoms with E-state index >= 15 is 0 Å². The number of carbonyl (C=O) groups is 5. The van der Waals surface area contributed by atoms with Gasteiger partial charge in [0.1, 0.15) is 12.4 Å². The molecular formula is C23H23FN4O5S. The fraction of sp³-hybridized carbons (Fsp3) is 0.348. The Labute approximate surface area is 199 Å². The smallest absolute Gasteiger partial charge is 0.264 e. The van der Waals surface area contributed by atoms with Crippen LogP contribution in [0.25, 0.3) is 0 Å². The molecule has 0 spiro atoms. The maximum Gasteiger partial charge on any atom is 0.264 e. The summed E-state index contributed by atoms with van der Waals surface area (Å²) < 4.78 is 13.4. The van der Waals surface area contributed by atoms with E-state index in [9.17, 15) is 28.4 Å². The van der Waals surface area contributed by atoms with Crippen LogP contribution in [0.3, 0.4) is 0 Å². The van der Waals surface area contributed by atoms with Crippen LogP contribution in [0.4, 0.5) is 9.39 Å². The molecule has 0 radical (unpaired) electrons. The number of thiophene rings is 1. The first-order chi connectivity index (χ1) is 16.2. The summed E-state index contributed by atoms with van der Waals surface area (Å²) in [6.45, 7) is 2.74. The van der Waals surface area contributed by atoms with E-state index in [2.05, 4.69) is 5.32 Å². The molecule has 11 heteroatoms. The third kappa shape index (κ3) is 4.98. The Bertz CT molecular complexity index is 1160. The number of piperazine rings is 1. The van der Waals surface area contributed by atoms with Crippen molar-refractivity contribution < 1.29 is 28.4 Å². The molecule has 0 unspecified atom stereocenters. The quantitative estimate of drug-likeness (QED) is 0.650. The first-order valence-corrected chi connectivity index (χ1v) is 11.6. The predicted molar refractivity (Wildman–Crippen MR) is 122 cm³/mol. The molecule has 34 heavy (non-hydrogen) atoms. The van der Waals surface area contributed by atoms with Gasteiger partial charge in [-0.2, -0.15) is 0 Å². The van der Waals surface area contributed by atoms with Crippen molar-refractivity contribution >= 4 is 45.9 Å². The van der Waals surface area contributed by atoms with Gasteiger partial charge in [0.15, 0.2) is 0 Å². The first kappa shape index (κ1) is 23.6. The number of hydrogen-bond donors (Lipinski definition) is 1. The van der Waals surface area contributed by atoms with Crippen molar-refractivity contribution in [3.05, 3.63) is 52.2 Å². The summed E-state index contributed by atoms with van der Waals surface area (Å²) >= 11 is 1.14. The number of amides is 5. The second-order valence-electron chi connectivity index (χ2n) is 8.13. The molecule has 2 aliphatic rings. The summed E-state index contributed by atoms with van der Waals surface area (Å²) in [4.78, 5) is 66.1. The lowest BCUT2D eigenvalue weighted by atomic mass is 10.2. The van der Waals surface area contributed by atoms with Gasteiger partial charge in [0, 0.05) is 44.6 Å². The standard InChI is InChI=1S/C23H23FN4O5S/c1-14-11-17(25-22(32)15-3-2-4-16(24)12-15)34-21(14)23(33)27-9-7-26(8-10-27)20(31)13-28-18(29)5-6-19(28)30/h2-4,11-12H,5-10,13H2,1H3,(H,25,32). The van der Waals surface area contributed by atoms with Crippen LogP contribution in [0.5, 0.6) is 0 Å². The lowest BCUT2D eigenvalue weighted by Gasteiger charge is -2.35. The van der Waals surface area contributed by atoms with Gasteiger partial charge in [0.2, 0.25) is 17.7 Å². The van der Waals surface area contributed by atoms with E-state index in [0.29, 0.717) is 41.6 Å². The van der Waals surface area contributed by atoms with Crippen LogP contribution in [0.1, 0.15) is 38.4 Å². The molecule has 9 nitrogen and oxygen atoms in total. The van der Waals surface area contributed by atoms with E-state index in [1.54, 1.807) is 22.8 Å². The summed E-state index contributed by atoms with van der Waals surface area (Å²) in [6, 6.07) is 7.03. The van der Waals surface area contributed by atoms with Crippen LogP contribution in [-0.2, 0) is 14.4 Å². The molecule has 0 bridgehead atoms. The van der Waals surface area contributed by atoms with E-state index < -0.39 is 11.7 Å². The van der Waals surface area contributed by atoms with Crippen molar-refractivity contribution in [3.8, 4) is 0 Å². The van der Waals surface area contributed by atoms with Crippen molar-refractivity contribution in [1.82, 2.24) is 14.7 Å². The molecule has 1 aromatic carbocycles. The summed E-state index contributed by atoms with van der Waals surface area (Å²) in [5.41, 5.74) is 0.881. The van der Waals surface area contributed by atoms with Crippen molar-refractivity contribution in [2.45, 2.75) is 19.8 Å². The summed E-state index contributed by atoms with van der Waals surface area (Å²) in [7, 11) is 0. The SMILES string of the molecule is Cc1cc(NC(=O)c2cccc(F)c2)sc1C(=O)N1CCN(C(=O)CN2C(=O)CCC2=O)CC1. The fourth-order valence-corrected chi connectivity index (χ4v) is 4.94. The number of halogens is 1. The molecule has 1 N–H and O–H groups in total. The topological polar surface area (TPSA) is 107 Å². The molecule has 1 aromatic heterocycles. The number of hydrogen-bond acceptors (Lipinski definition) is 6. The highest BCUT2D eigenvalue weighted by Gasteiger charge is 2.33. The van der Waals surface area contributed by atoms with E-state index in [-0.39, 0.29) is 48.6 Å². The molecule has 2 aliphatic heterocycles. The molecule has 0 aliphatic carbocycles. The van der Waals surface area contributed by atoms with Crippen LogP contribution in [0.2, 0.25) is 0 Å². The van der Waals surface area contributed by atoms with Crippen LogP contribution in [-0.4, -0.2) is 77.0 Å². The Morgan fingerprint density at radius 2 is 1.65 bits per heavy atom. The van der Waals surface area contributed by atoms with E-state index in [1.165, 1.54) is 18.2 Å². The number of nitrogens with zero attached hydrogens (tertiary/aromatic N) is 3. The number of anilines is 1. The molecule has 3 heterocycles. The zero-order valence-corrected chi connectivity index (χ0v) is 19.3. The Hall–Kier alpha value is -3.60. The van der Waals surface area contributed by atoms with Crippen molar-refractivity contribution in [3.63, 3.8) is 0 Å². The Morgan fingerprint density at radius 3 is 2.29 bits per heavy atom. The van der Waals surface area contributed by atoms with E-state index in [4.69, 9.17) is 0 Å². The van der Waals surface area contributed by atoms with Gasteiger partial charge < -0.3 is 15.1 Å². The van der Waals surface area contributed by atoms with Gasteiger partial charge >= 0.3 is 0 Å². The zero-order chi connectivity index (χ0) is 24.4. The molecule has 2 aromatic rings. The molecule has 5 amide bonds. The molecule has 2 saturated heterocycles. The third-order valence-corrected chi connectivity index (χ3v) is 6.94. The fourth-order valence-electron chi connectivity index (χ4n) is 3.91. The zero-order valence-electron chi connectivity index (χ0n) is 18.5. The highest BCUT2D eigenvalue weighted by molar-refractivity contribution is 7.18. The maximum atomic E-state index is 13.4. The van der Waals surface area contributed by atoms with Gasteiger partial charge in [-0.1, -0.05) is 6.07 Å². The Kier molecular flexibility index (Phi) is 6.73. The monoisotopic (exact) mass is 486 g/mol. The number of imide groups is 1. The minimum absolute atomic E-state index is 0.138. The average Bonchev–Trinajstić information content (AvgIpc) is 3.34. The van der Waals surface area contributed by atoms with E-state index in [0.717, 1.165) is 22.3 Å². The van der Waals surface area contributed by atoms with Crippen LogP contribution < -0.4 is 5.32 Å². The molecule has 2 fully saturated rings. The largest absolute Gasteiger partial charge is 0.338 e. The lowest BCUT2D eigenvalue weighted by molar-refractivity contribution is -0.146. The normalized spacial score (nSPS) is 16.2. The predicted octanol–water partition coefficient (Wildman–Crippen LogP) is 1.88. The van der Waals surface area contributed by atoms with Crippen molar-refractivity contribution in [2.75, 3.05) is 38.0 Å². The van der Waals surface area contributed by atoms with Crippen LogP contribution >= 0.6 is 11.3 Å². The number of rotatable bonds is 5. The van der Waals surface area contributed by atoms with E-state index in [1.807, 2.05) is 0 Å². The lowest BCUT2D eigenvalue weighted by Crippen LogP contribution is -2.53. The van der Waals surface area contributed by atoms with Gasteiger partial charge in [-0.05, 0) is 36.8 Å². The van der Waals surface area contributed by atoms with Crippen molar-refractivity contribution in [2.24, 2.45) is 0 Å². The van der Waals surface area contributed by atoms with Gasteiger partial charge in [-0.25, -0.2) is 4.39 Å². The minimum Gasteiger partial charge on any atom is -0.338 e. The maximum absolute atomic E-state index is 13.4. The third-order valence-electron chi connectivity index (χ3n) is 5.80. The second-order valence-corrected chi connectivity index (χ2v) is 9.19. The molecule has 4 rings (SSSR count). The summed E-state index contributed by atoms with van der Waals surface area (Å²) in [5.74, 6) is -2.17. The van der Waals surface area contributed by atoms with Gasteiger partial charge in [-0.15, -0.1) is 11.3 Å². The second kappa shape index (κ2) is 9.72. The van der Waals surface area contributed by atoms with Gasteiger partial charge in [0.25, 0.3) is 11.8 Å². The molecule has 0 atom stereocenters. The minimum atomic E-state index is -0.512. The number of likely N-dealkylation sites (tertiary alicyclic amines) is 1. The highest BCUT2D eigenvalue weighted by Crippen LogP contribution is 2.29. The van der Waals surface area contributed by atoms with Crippen molar-refractivity contribution in [1.29, 1.82) is 0 Å². The summed E-state index contributed by atoms with van der Waals surface area (Å²) in [5, 5.41) is 3.17. The average molecular weight is 487 g/mol. The Morgan fingerprint density at radius 1 is 1.00 bits per heavy atom. The van der Waals surface area contributed by atoms with Crippen LogP contribution in [0.15, 0.2) is 30.3 Å². The van der Waals surface area contributed by atoms with Gasteiger partial charge in [0.05, 0.1) is 9.88 Å². The number of carbonyl (C=O) groups excluding carboxylic acids is 5. The Balaban J connectivity index is 1.34. The molecule has 0 saturated carbocycles. The van der Waals surface area contributed by atoms with Gasteiger partial charge in [-0.3, -0.25) is 28.9 Å². The number of aryl methyl sites for hydroxylation is 1. The number of nitrogens with one attached hydrogen (secondary N) is 1. The summed E-state index contributed by atoms with van der Waals surface area (Å²) in [6.07, 6.45) is 0.276.